The van der Waals surface area contributed by atoms with Gasteiger partial charge in [0.25, 0.3) is 0 Å². The van der Waals surface area contributed by atoms with Crippen LogP contribution in [0.4, 0.5) is 0 Å². The Bertz CT molecular complexity index is 576. The molecule has 5 heteroatoms. The van der Waals surface area contributed by atoms with E-state index in [-0.39, 0.29) is 11.3 Å². The Hall–Kier alpha value is -1.59. The van der Waals surface area contributed by atoms with E-state index in [1.807, 2.05) is 6.92 Å². The zero-order valence-corrected chi connectivity index (χ0v) is 16.7. The van der Waals surface area contributed by atoms with Crippen molar-refractivity contribution in [2.24, 2.45) is 0 Å². The van der Waals surface area contributed by atoms with Crippen LogP contribution >= 0.6 is 0 Å². The normalized spacial score (nSPS) is 19.7. The number of rotatable bonds is 9. The molecule has 1 aromatic rings. The van der Waals surface area contributed by atoms with Crippen LogP contribution in [0.3, 0.4) is 0 Å². The lowest BCUT2D eigenvalue weighted by Crippen LogP contribution is -2.44. The van der Waals surface area contributed by atoms with Gasteiger partial charge >= 0.3 is 0 Å². The Morgan fingerprint density at radius 3 is 2.56 bits per heavy atom. The van der Waals surface area contributed by atoms with E-state index >= 15 is 0 Å². The molecule has 2 saturated heterocycles. The number of benzene rings is 1. The van der Waals surface area contributed by atoms with Crippen LogP contribution in [0.2, 0.25) is 0 Å². The summed E-state index contributed by atoms with van der Waals surface area (Å²) in [4.78, 5) is 14.3. The molecule has 0 radical (unpaired) electrons. The fraction of sp³-hybridized carbons (Fsp3) is 0.682. The lowest BCUT2D eigenvalue weighted by atomic mass is 9.74. The summed E-state index contributed by atoms with van der Waals surface area (Å²) in [5.74, 6) is 1.04. The van der Waals surface area contributed by atoms with Crippen LogP contribution in [0, 0.1) is 0 Å². The highest BCUT2D eigenvalue weighted by Crippen LogP contribution is 2.35. The Morgan fingerprint density at radius 1 is 1.19 bits per heavy atom. The van der Waals surface area contributed by atoms with Crippen molar-refractivity contribution in [2.75, 3.05) is 46.0 Å². The van der Waals surface area contributed by atoms with Crippen molar-refractivity contribution >= 4 is 5.91 Å². The minimum Gasteiger partial charge on any atom is -0.494 e. The number of nitrogens with zero attached hydrogens (tertiary/aromatic N) is 1. The maximum Gasteiger partial charge on any atom is 0.219 e. The number of carbonyl (C=O) groups excluding carboxylic acids is 1. The highest BCUT2D eigenvalue weighted by Gasteiger charge is 2.34. The van der Waals surface area contributed by atoms with Gasteiger partial charge in [0.05, 0.1) is 6.61 Å². The molecule has 2 fully saturated rings. The monoisotopic (exact) mass is 374 g/mol. The van der Waals surface area contributed by atoms with Gasteiger partial charge in [-0.2, -0.15) is 0 Å². The first-order chi connectivity index (χ1) is 13.2. The second-order valence-corrected chi connectivity index (χ2v) is 7.80. The molecule has 27 heavy (non-hydrogen) atoms. The number of likely N-dealkylation sites (tertiary alicyclic amines) is 1. The van der Waals surface area contributed by atoms with Gasteiger partial charge in [0.1, 0.15) is 5.75 Å². The van der Waals surface area contributed by atoms with E-state index in [2.05, 4.69) is 34.5 Å². The number of ether oxygens (including phenoxy) is 2. The van der Waals surface area contributed by atoms with Crippen LogP contribution in [0.1, 0.15) is 51.0 Å². The molecule has 2 heterocycles. The Morgan fingerprint density at radius 2 is 1.89 bits per heavy atom. The summed E-state index contributed by atoms with van der Waals surface area (Å²) in [6.07, 6.45) is 6.16. The van der Waals surface area contributed by atoms with Gasteiger partial charge in [0.2, 0.25) is 5.91 Å². The molecule has 0 aromatic heterocycles. The van der Waals surface area contributed by atoms with E-state index in [4.69, 9.17) is 9.47 Å². The summed E-state index contributed by atoms with van der Waals surface area (Å²) < 4.78 is 11.5. The zero-order valence-electron chi connectivity index (χ0n) is 16.7. The molecule has 0 saturated carbocycles. The van der Waals surface area contributed by atoms with E-state index in [0.717, 1.165) is 51.4 Å². The largest absolute Gasteiger partial charge is 0.494 e. The second-order valence-electron chi connectivity index (χ2n) is 7.80. The molecule has 150 valence electrons. The number of hydrogen-bond donors (Lipinski definition) is 1. The van der Waals surface area contributed by atoms with Gasteiger partial charge in [-0.1, -0.05) is 19.1 Å². The molecule has 0 bridgehead atoms. The number of hydrogen-bond acceptors (Lipinski definition) is 4. The fourth-order valence-corrected chi connectivity index (χ4v) is 4.11. The molecule has 0 spiro atoms. The molecule has 1 N–H and O–H groups in total. The molecule has 2 aliphatic rings. The summed E-state index contributed by atoms with van der Waals surface area (Å²) in [6, 6.07) is 8.48. The van der Waals surface area contributed by atoms with Gasteiger partial charge in [-0.3, -0.25) is 4.79 Å². The maximum absolute atomic E-state index is 11.8. The van der Waals surface area contributed by atoms with Gasteiger partial charge in [0, 0.05) is 38.1 Å². The molecule has 5 nitrogen and oxygen atoms in total. The zero-order chi connectivity index (χ0) is 19.0. The maximum atomic E-state index is 11.8. The predicted molar refractivity (Wildman–Crippen MR) is 107 cm³/mol. The van der Waals surface area contributed by atoms with Crippen LogP contribution in [-0.4, -0.2) is 56.8 Å². The van der Waals surface area contributed by atoms with Crippen molar-refractivity contribution in [3.05, 3.63) is 29.8 Å². The summed E-state index contributed by atoms with van der Waals surface area (Å²) in [7, 11) is 0. The first-order valence-corrected chi connectivity index (χ1v) is 10.5. The Balaban J connectivity index is 1.53. The van der Waals surface area contributed by atoms with Crippen LogP contribution in [0.5, 0.6) is 5.75 Å². The SMILES string of the molecule is CCC(=O)NCC1(c2ccc(OCCCN3CCCC3)cc2)CCOCC1. The van der Waals surface area contributed by atoms with Crippen LogP contribution in [-0.2, 0) is 14.9 Å². The first kappa shape index (κ1) is 20.2. The molecular formula is C22H34N2O3. The van der Waals surface area contributed by atoms with Crippen molar-refractivity contribution in [1.29, 1.82) is 0 Å². The third kappa shape index (κ3) is 5.69. The molecule has 0 unspecified atom stereocenters. The highest BCUT2D eigenvalue weighted by molar-refractivity contribution is 5.75. The van der Waals surface area contributed by atoms with Gasteiger partial charge in [0.15, 0.2) is 0 Å². The molecule has 1 amide bonds. The summed E-state index contributed by atoms with van der Waals surface area (Å²) in [6.45, 7) is 8.46. The smallest absolute Gasteiger partial charge is 0.219 e. The molecular weight excluding hydrogens is 340 g/mol. The molecule has 0 aliphatic carbocycles. The van der Waals surface area contributed by atoms with Gasteiger partial charge in [-0.25, -0.2) is 0 Å². The molecule has 1 aromatic carbocycles. The topological polar surface area (TPSA) is 50.8 Å². The van der Waals surface area contributed by atoms with Crippen molar-refractivity contribution in [3.8, 4) is 5.75 Å². The number of nitrogens with one attached hydrogen (secondary N) is 1. The summed E-state index contributed by atoms with van der Waals surface area (Å²) in [5, 5.41) is 3.09. The van der Waals surface area contributed by atoms with E-state index < -0.39 is 0 Å². The van der Waals surface area contributed by atoms with E-state index in [1.165, 1.54) is 31.5 Å². The number of carbonyl (C=O) groups is 1. The minimum atomic E-state index is -0.0304. The van der Waals surface area contributed by atoms with E-state index in [0.29, 0.717) is 13.0 Å². The third-order valence-corrected chi connectivity index (χ3v) is 5.95. The average Bonchev–Trinajstić information content (AvgIpc) is 3.24. The van der Waals surface area contributed by atoms with Crippen LogP contribution in [0.15, 0.2) is 24.3 Å². The van der Waals surface area contributed by atoms with Crippen molar-refractivity contribution < 1.29 is 14.3 Å². The fourth-order valence-electron chi connectivity index (χ4n) is 4.11. The standard InChI is InChI=1S/C22H34N2O3/c1-2-21(25)23-18-22(10-16-26-17-11-22)19-6-8-20(9-7-19)27-15-5-14-24-12-3-4-13-24/h6-9H,2-5,10-18H2,1H3,(H,23,25). The summed E-state index contributed by atoms with van der Waals surface area (Å²) >= 11 is 0. The lowest BCUT2D eigenvalue weighted by molar-refractivity contribution is -0.121. The van der Waals surface area contributed by atoms with Crippen molar-refractivity contribution in [3.63, 3.8) is 0 Å². The van der Waals surface area contributed by atoms with Crippen molar-refractivity contribution in [2.45, 2.75) is 50.9 Å². The average molecular weight is 375 g/mol. The minimum absolute atomic E-state index is 0.0304. The van der Waals surface area contributed by atoms with E-state index in [1.54, 1.807) is 0 Å². The predicted octanol–water partition coefficient (Wildman–Crippen LogP) is 3.13. The Kier molecular flexibility index (Phi) is 7.53. The lowest BCUT2D eigenvalue weighted by Gasteiger charge is -2.38. The van der Waals surface area contributed by atoms with Gasteiger partial charge in [-0.05, 0) is 62.9 Å². The second kappa shape index (κ2) is 10.1. The van der Waals surface area contributed by atoms with Crippen molar-refractivity contribution in [1.82, 2.24) is 10.2 Å². The van der Waals surface area contributed by atoms with Gasteiger partial charge < -0.3 is 19.7 Å². The Labute approximate surface area is 163 Å². The van der Waals surface area contributed by atoms with E-state index in [9.17, 15) is 4.79 Å². The highest BCUT2D eigenvalue weighted by atomic mass is 16.5. The quantitative estimate of drug-likeness (QED) is 0.675. The van der Waals surface area contributed by atoms with Crippen LogP contribution in [0.25, 0.3) is 0 Å². The molecule has 3 rings (SSSR count). The molecule has 0 atom stereocenters. The summed E-state index contributed by atoms with van der Waals surface area (Å²) in [5.41, 5.74) is 1.24. The number of amides is 1. The third-order valence-electron chi connectivity index (χ3n) is 5.95. The first-order valence-electron chi connectivity index (χ1n) is 10.5. The molecule has 2 aliphatic heterocycles. The van der Waals surface area contributed by atoms with Gasteiger partial charge in [-0.15, -0.1) is 0 Å². The van der Waals surface area contributed by atoms with Crippen LogP contribution < -0.4 is 10.1 Å².